The van der Waals surface area contributed by atoms with E-state index in [4.69, 9.17) is 21.1 Å². The average molecular weight is 391 g/mol. The van der Waals surface area contributed by atoms with Crippen LogP contribution in [0, 0.1) is 0 Å². The monoisotopic (exact) mass is 390 g/mol. The summed E-state index contributed by atoms with van der Waals surface area (Å²) in [5.74, 6) is 0.263. The van der Waals surface area contributed by atoms with E-state index in [9.17, 15) is 15.0 Å². The smallest absolute Gasteiger partial charge is 0.197 e. The zero-order valence-electron chi connectivity index (χ0n) is 15.3. The summed E-state index contributed by atoms with van der Waals surface area (Å²) in [6, 6.07) is 13.0. The molecule has 1 saturated heterocycles. The van der Waals surface area contributed by atoms with Gasteiger partial charge in [-0.05, 0) is 55.2 Å². The third kappa shape index (κ3) is 4.33. The maximum atomic E-state index is 12.4. The maximum Gasteiger partial charge on any atom is 0.197 e. The van der Waals surface area contributed by atoms with Crippen molar-refractivity contribution < 1.29 is 24.5 Å². The van der Waals surface area contributed by atoms with E-state index < -0.39 is 30.2 Å². The Morgan fingerprint density at radius 3 is 2.52 bits per heavy atom. The highest BCUT2D eigenvalue weighted by Crippen LogP contribution is 2.32. The van der Waals surface area contributed by atoms with Gasteiger partial charge in [0.1, 0.15) is 24.1 Å². The topological polar surface area (TPSA) is 76.0 Å². The second-order valence-electron chi connectivity index (χ2n) is 6.66. The van der Waals surface area contributed by atoms with Gasteiger partial charge in [-0.15, -0.1) is 0 Å². The molecule has 2 aromatic carbocycles. The molecule has 0 aliphatic carbocycles. The summed E-state index contributed by atoms with van der Waals surface area (Å²) < 4.78 is 11.1. The van der Waals surface area contributed by atoms with Crippen molar-refractivity contribution in [3.05, 3.63) is 64.2 Å². The molecule has 0 aromatic heterocycles. The zero-order valence-corrected chi connectivity index (χ0v) is 16.0. The minimum atomic E-state index is -1.45. The van der Waals surface area contributed by atoms with Crippen molar-refractivity contribution >= 4 is 17.4 Å². The van der Waals surface area contributed by atoms with E-state index in [2.05, 4.69) is 0 Å². The molecular formula is C21H23ClO5. The largest absolute Gasteiger partial charge is 0.494 e. The molecule has 2 aromatic rings. The van der Waals surface area contributed by atoms with Crippen molar-refractivity contribution in [3.63, 3.8) is 0 Å². The van der Waals surface area contributed by atoms with Crippen molar-refractivity contribution in [3.8, 4) is 5.75 Å². The number of ketones is 1. The third-order valence-corrected chi connectivity index (χ3v) is 5.08. The van der Waals surface area contributed by atoms with Crippen LogP contribution in [0.5, 0.6) is 5.75 Å². The summed E-state index contributed by atoms with van der Waals surface area (Å²) in [7, 11) is 0. The van der Waals surface area contributed by atoms with Crippen LogP contribution in [0.4, 0.5) is 0 Å². The number of carbonyl (C=O) groups excluding carboxylic acids is 1. The van der Waals surface area contributed by atoms with E-state index in [0.717, 1.165) is 16.9 Å². The predicted octanol–water partition coefficient (Wildman–Crippen LogP) is 3.08. The van der Waals surface area contributed by atoms with Crippen LogP contribution in [-0.2, 0) is 16.0 Å². The molecule has 0 amide bonds. The molecule has 0 unspecified atom stereocenters. The molecule has 4 atom stereocenters. The van der Waals surface area contributed by atoms with Crippen LogP contribution in [0.2, 0.25) is 5.02 Å². The van der Waals surface area contributed by atoms with Crippen molar-refractivity contribution in [1.82, 2.24) is 0 Å². The highest BCUT2D eigenvalue weighted by molar-refractivity contribution is 6.31. The number of rotatable bonds is 5. The zero-order chi connectivity index (χ0) is 19.6. The molecule has 6 heteroatoms. The van der Waals surface area contributed by atoms with Gasteiger partial charge in [-0.25, -0.2) is 0 Å². The molecule has 0 bridgehead atoms. The fourth-order valence-corrected chi connectivity index (χ4v) is 3.35. The van der Waals surface area contributed by atoms with Gasteiger partial charge in [-0.1, -0.05) is 35.9 Å². The Hall–Kier alpha value is -1.92. The number of benzene rings is 2. The Labute approximate surface area is 163 Å². The van der Waals surface area contributed by atoms with Crippen LogP contribution in [0.15, 0.2) is 42.5 Å². The van der Waals surface area contributed by atoms with Crippen molar-refractivity contribution in [1.29, 1.82) is 0 Å². The molecule has 1 aliphatic heterocycles. The fourth-order valence-electron chi connectivity index (χ4n) is 3.17. The number of Topliss-reactive ketones (excluding diaryl/α,β-unsaturated/α-hetero) is 1. The summed E-state index contributed by atoms with van der Waals surface area (Å²) in [5.41, 5.74) is 2.52. The fraction of sp³-hybridized carbons (Fsp3) is 0.381. The molecule has 1 fully saturated rings. The van der Waals surface area contributed by atoms with Crippen LogP contribution >= 0.6 is 11.6 Å². The van der Waals surface area contributed by atoms with E-state index in [1.54, 1.807) is 19.1 Å². The molecule has 144 valence electrons. The van der Waals surface area contributed by atoms with Crippen LogP contribution in [0.3, 0.4) is 0 Å². The number of aliphatic hydroxyl groups is 2. The van der Waals surface area contributed by atoms with Gasteiger partial charge in [0.2, 0.25) is 0 Å². The summed E-state index contributed by atoms with van der Waals surface area (Å²) >= 11 is 6.34. The van der Waals surface area contributed by atoms with E-state index in [1.807, 2.05) is 37.3 Å². The second kappa shape index (κ2) is 8.40. The minimum Gasteiger partial charge on any atom is -0.494 e. The Balaban J connectivity index is 1.83. The normalized spacial score (nSPS) is 25.4. The van der Waals surface area contributed by atoms with Gasteiger partial charge in [0, 0.05) is 5.02 Å². The molecule has 0 saturated carbocycles. The molecule has 3 rings (SSSR count). The molecular weight excluding hydrogens is 368 g/mol. The highest BCUT2D eigenvalue weighted by atomic mass is 35.5. The van der Waals surface area contributed by atoms with E-state index in [0.29, 0.717) is 23.6 Å². The Kier molecular flexibility index (Phi) is 6.17. The summed E-state index contributed by atoms with van der Waals surface area (Å²) in [6.45, 7) is 4.18. The average Bonchev–Trinajstić information content (AvgIpc) is 2.66. The van der Waals surface area contributed by atoms with Crippen LogP contribution in [0.1, 0.15) is 36.6 Å². The summed E-state index contributed by atoms with van der Waals surface area (Å²) in [4.78, 5) is 12.4. The molecule has 27 heavy (non-hydrogen) atoms. The Bertz CT molecular complexity index is 805. The lowest BCUT2D eigenvalue weighted by Crippen LogP contribution is -2.50. The van der Waals surface area contributed by atoms with Gasteiger partial charge in [0.05, 0.1) is 12.7 Å². The first-order valence-corrected chi connectivity index (χ1v) is 9.34. The van der Waals surface area contributed by atoms with Gasteiger partial charge in [0.15, 0.2) is 5.78 Å². The standard InChI is InChI=1S/C21H23ClO5/c1-3-26-16-7-4-13(5-8-16)10-15-11-14(6-9-17(15)22)21-20(25)19(24)18(23)12(2)27-21/h4-9,11-12,18-19,21,23-24H,3,10H2,1-2H3/t12-,18-,19+,21+/m1/s1. The van der Waals surface area contributed by atoms with Crippen LogP contribution in [-0.4, -0.2) is 40.9 Å². The Morgan fingerprint density at radius 1 is 1.15 bits per heavy atom. The number of carbonyl (C=O) groups is 1. The maximum absolute atomic E-state index is 12.4. The first kappa shape index (κ1) is 19.8. The van der Waals surface area contributed by atoms with Crippen molar-refractivity contribution in [2.24, 2.45) is 0 Å². The second-order valence-corrected chi connectivity index (χ2v) is 7.07. The van der Waals surface area contributed by atoms with Crippen molar-refractivity contribution in [2.75, 3.05) is 6.61 Å². The molecule has 5 nitrogen and oxygen atoms in total. The molecule has 2 N–H and O–H groups in total. The van der Waals surface area contributed by atoms with Gasteiger partial charge in [-0.3, -0.25) is 4.79 Å². The number of hydrogen-bond donors (Lipinski definition) is 2. The molecule has 0 spiro atoms. The quantitative estimate of drug-likeness (QED) is 0.820. The van der Waals surface area contributed by atoms with Gasteiger partial charge in [0.25, 0.3) is 0 Å². The lowest BCUT2D eigenvalue weighted by molar-refractivity contribution is -0.180. The Morgan fingerprint density at radius 2 is 1.85 bits per heavy atom. The third-order valence-electron chi connectivity index (χ3n) is 4.71. The summed E-state index contributed by atoms with van der Waals surface area (Å²) in [6.07, 6.45) is -3.66. The van der Waals surface area contributed by atoms with E-state index in [-0.39, 0.29) is 0 Å². The minimum absolute atomic E-state index is 0.546. The van der Waals surface area contributed by atoms with Crippen molar-refractivity contribution in [2.45, 2.75) is 44.7 Å². The molecule has 1 heterocycles. The SMILES string of the molecule is CCOc1ccc(Cc2cc([C@@H]3O[C@H](C)[C@@H](O)[C@H](O)C3=O)ccc2Cl)cc1. The van der Waals surface area contributed by atoms with Gasteiger partial charge >= 0.3 is 0 Å². The number of hydrogen-bond acceptors (Lipinski definition) is 5. The van der Waals surface area contributed by atoms with E-state index >= 15 is 0 Å². The molecule has 0 radical (unpaired) electrons. The molecule has 1 aliphatic rings. The van der Waals surface area contributed by atoms with E-state index in [1.165, 1.54) is 0 Å². The lowest BCUT2D eigenvalue weighted by atomic mass is 9.91. The number of ether oxygens (including phenoxy) is 2. The van der Waals surface area contributed by atoms with Crippen LogP contribution < -0.4 is 4.74 Å². The van der Waals surface area contributed by atoms with Gasteiger partial charge < -0.3 is 19.7 Å². The number of aliphatic hydroxyl groups excluding tert-OH is 2. The highest BCUT2D eigenvalue weighted by Gasteiger charge is 2.42. The van der Waals surface area contributed by atoms with Crippen LogP contribution in [0.25, 0.3) is 0 Å². The predicted molar refractivity (Wildman–Crippen MR) is 102 cm³/mol. The number of halogens is 1. The summed E-state index contributed by atoms with van der Waals surface area (Å²) in [5, 5.41) is 20.4. The van der Waals surface area contributed by atoms with Gasteiger partial charge in [-0.2, -0.15) is 0 Å². The first-order chi connectivity index (χ1) is 12.9. The first-order valence-electron chi connectivity index (χ1n) is 8.96. The lowest BCUT2D eigenvalue weighted by Gasteiger charge is -2.34.